The highest BCUT2D eigenvalue weighted by Crippen LogP contribution is 2.38. The first kappa shape index (κ1) is 15.3. The maximum Gasteiger partial charge on any atom is 0.169 e. The van der Waals surface area contributed by atoms with Crippen LogP contribution in [0.15, 0.2) is 29.3 Å². The maximum absolute atomic E-state index is 6.23. The first-order valence-corrected chi connectivity index (χ1v) is 7.06. The number of rotatable bonds is 4. The molecule has 0 amide bonds. The first-order valence-electron chi connectivity index (χ1n) is 7.06. The topological polar surface area (TPSA) is 59.6 Å². The predicted molar refractivity (Wildman–Crippen MR) is 87.0 cm³/mol. The molecule has 2 atom stereocenters. The van der Waals surface area contributed by atoms with Crippen molar-refractivity contribution in [3.8, 4) is 5.75 Å². The SMILES string of the molecule is Br.CCC1(C2=NC[C@@H](CCN)N2)Cc2ccccc2O1. The summed E-state index contributed by atoms with van der Waals surface area (Å²) in [5.74, 6) is 2.00. The zero-order valence-corrected chi connectivity index (χ0v) is 13.5. The van der Waals surface area contributed by atoms with Crippen molar-refractivity contribution in [2.24, 2.45) is 10.7 Å². The van der Waals surface area contributed by atoms with Gasteiger partial charge in [-0.05, 0) is 31.0 Å². The van der Waals surface area contributed by atoms with Crippen LogP contribution in [0.4, 0.5) is 0 Å². The van der Waals surface area contributed by atoms with Crippen LogP contribution in [0.3, 0.4) is 0 Å². The number of hydrogen-bond acceptors (Lipinski definition) is 4. The van der Waals surface area contributed by atoms with Gasteiger partial charge >= 0.3 is 0 Å². The molecule has 110 valence electrons. The van der Waals surface area contributed by atoms with Crippen LogP contribution in [0.2, 0.25) is 0 Å². The minimum atomic E-state index is -0.299. The molecule has 0 fully saturated rings. The Morgan fingerprint density at radius 2 is 2.25 bits per heavy atom. The molecule has 2 heterocycles. The molecule has 0 bridgehead atoms. The smallest absolute Gasteiger partial charge is 0.169 e. The predicted octanol–water partition coefficient (Wildman–Crippen LogP) is 2.07. The Hall–Kier alpha value is -1.07. The molecule has 0 spiro atoms. The van der Waals surface area contributed by atoms with E-state index in [1.54, 1.807) is 0 Å². The van der Waals surface area contributed by atoms with Crippen molar-refractivity contribution >= 4 is 22.8 Å². The molecular weight excluding hydrogens is 318 g/mol. The molecule has 1 aromatic rings. The number of amidine groups is 1. The average molecular weight is 340 g/mol. The maximum atomic E-state index is 6.23. The fraction of sp³-hybridized carbons (Fsp3) is 0.533. The minimum absolute atomic E-state index is 0. The monoisotopic (exact) mass is 339 g/mol. The van der Waals surface area contributed by atoms with Crippen LogP contribution in [0.1, 0.15) is 25.3 Å². The highest BCUT2D eigenvalue weighted by Gasteiger charge is 2.44. The van der Waals surface area contributed by atoms with Crippen molar-refractivity contribution in [2.75, 3.05) is 13.1 Å². The van der Waals surface area contributed by atoms with Gasteiger partial charge in [0.05, 0.1) is 6.54 Å². The van der Waals surface area contributed by atoms with Gasteiger partial charge in [-0.3, -0.25) is 4.99 Å². The van der Waals surface area contributed by atoms with E-state index in [0.717, 1.165) is 37.4 Å². The van der Waals surface area contributed by atoms with Crippen molar-refractivity contribution in [2.45, 2.75) is 37.8 Å². The van der Waals surface area contributed by atoms with Crippen molar-refractivity contribution in [1.29, 1.82) is 0 Å². The Bertz CT molecular complexity index is 479. The third-order valence-corrected chi connectivity index (χ3v) is 4.08. The van der Waals surface area contributed by atoms with Crippen LogP contribution >= 0.6 is 17.0 Å². The van der Waals surface area contributed by atoms with Gasteiger partial charge in [-0.15, -0.1) is 17.0 Å². The summed E-state index contributed by atoms with van der Waals surface area (Å²) in [6.07, 6.45) is 2.78. The van der Waals surface area contributed by atoms with Gasteiger partial charge in [-0.2, -0.15) is 0 Å². The summed E-state index contributed by atoms with van der Waals surface area (Å²) >= 11 is 0. The summed E-state index contributed by atoms with van der Waals surface area (Å²) in [4.78, 5) is 4.67. The lowest BCUT2D eigenvalue weighted by molar-refractivity contribution is 0.161. The Kier molecular flexibility index (Phi) is 4.70. The van der Waals surface area contributed by atoms with Crippen LogP contribution in [-0.4, -0.2) is 30.6 Å². The lowest BCUT2D eigenvalue weighted by Gasteiger charge is -2.28. The van der Waals surface area contributed by atoms with E-state index in [9.17, 15) is 0 Å². The molecule has 0 aromatic heterocycles. The van der Waals surface area contributed by atoms with Crippen molar-refractivity contribution in [3.05, 3.63) is 29.8 Å². The highest BCUT2D eigenvalue weighted by atomic mass is 79.9. The van der Waals surface area contributed by atoms with E-state index in [-0.39, 0.29) is 22.6 Å². The number of halogens is 1. The summed E-state index contributed by atoms with van der Waals surface area (Å²) < 4.78 is 6.23. The van der Waals surface area contributed by atoms with E-state index in [4.69, 9.17) is 10.5 Å². The number of nitrogens with two attached hydrogens (primary N) is 1. The van der Waals surface area contributed by atoms with Crippen LogP contribution in [0.5, 0.6) is 5.75 Å². The zero-order valence-electron chi connectivity index (χ0n) is 11.8. The third kappa shape index (κ3) is 2.56. The average Bonchev–Trinajstić information content (AvgIpc) is 3.03. The third-order valence-electron chi connectivity index (χ3n) is 4.08. The van der Waals surface area contributed by atoms with Gasteiger partial charge in [0.2, 0.25) is 0 Å². The summed E-state index contributed by atoms with van der Waals surface area (Å²) in [5, 5.41) is 3.51. The lowest BCUT2D eigenvalue weighted by Crippen LogP contribution is -2.50. The summed E-state index contributed by atoms with van der Waals surface area (Å²) in [6.45, 7) is 3.67. The molecule has 2 aliphatic heterocycles. The van der Waals surface area contributed by atoms with Crippen molar-refractivity contribution < 1.29 is 4.74 Å². The second-order valence-corrected chi connectivity index (χ2v) is 5.34. The van der Waals surface area contributed by atoms with Gasteiger partial charge in [-0.25, -0.2) is 0 Å². The summed E-state index contributed by atoms with van der Waals surface area (Å²) in [7, 11) is 0. The summed E-state index contributed by atoms with van der Waals surface area (Å²) in [6, 6.07) is 8.63. The van der Waals surface area contributed by atoms with Gasteiger partial charge in [0.25, 0.3) is 0 Å². The Balaban J connectivity index is 0.00000147. The largest absolute Gasteiger partial charge is 0.479 e. The number of para-hydroxylation sites is 1. The molecule has 1 aromatic carbocycles. The molecule has 2 aliphatic rings. The molecule has 20 heavy (non-hydrogen) atoms. The van der Waals surface area contributed by atoms with E-state index >= 15 is 0 Å². The van der Waals surface area contributed by atoms with Gasteiger partial charge in [0.1, 0.15) is 11.6 Å². The fourth-order valence-corrected chi connectivity index (χ4v) is 2.93. The number of nitrogens with zero attached hydrogens (tertiary/aromatic N) is 1. The second kappa shape index (κ2) is 6.14. The second-order valence-electron chi connectivity index (χ2n) is 5.34. The Labute approximate surface area is 130 Å². The van der Waals surface area contributed by atoms with E-state index in [1.807, 2.05) is 12.1 Å². The van der Waals surface area contributed by atoms with Crippen LogP contribution in [0.25, 0.3) is 0 Å². The van der Waals surface area contributed by atoms with Crippen LogP contribution < -0.4 is 15.8 Å². The van der Waals surface area contributed by atoms with Gasteiger partial charge in [0.15, 0.2) is 5.60 Å². The molecule has 3 rings (SSSR count). The number of ether oxygens (including phenoxy) is 1. The fourth-order valence-electron chi connectivity index (χ4n) is 2.93. The van der Waals surface area contributed by atoms with E-state index in [0.29, 0.717) is 12.6 Å². The molecule has 0 aliphatic carbocycles. The molecular formula is C15H22BrN3O. The van der Waals surface area contributed by atoms with Crippen LogP contribution in [0, 0.1) is 0 Å². The quantitative estimate of drug-likeness (QED) is 0.882. The number of nitrogens with one attached hydrogen (secondary N) is 1. The lowest BCUT2D eigenvalue weighted by atomic mass is 9.93. The van der Waals surface area contributed by atoms with Crippen molar-refractivity contribution in [1.82, 2.24) is 5.32 Å². The molecule has 0 saturated carbocycles. The standard InChI is InChI=1S/C15H21N3O.BrH/c1-2-15(14-17-10-12(18-14)7-8-16)9-11-5-3-4-6-13(11)19-15;/h3-6,12H,2,7-10,16H2,1H3,(H,17,18);1H/t12-,15?;/m1./s1. The van der Waals surface area contributed by atoms with E-state index in [2.05, 4.69) is 29.4 Å². The minimum Gasteiger partial charge on any atom is -0.479 e. The highest BCUT2D eigenvalue weighted by molar-refractivity contribution is 8.93. The zero-order chi connectivity index (χ0) is 13.3. The van der Waals surface area contributed by atoms with E-state index < -0.39 is 0 Å². The van der Waals surface area contributed by atoms with Crippen molar-refractivity contribution in [3.63, 3.8) is 0 Å². The number of fused-ring (bicyclic) bond motifs is 1. The Morgan fingerprint density at radius 1 is 1.45 bits per heavy atom. The molecule has 5 heteroatoms. The molecule has 3 N–H and O–H groups in total. The normalized spacial score (nSPS) is 27.1. The van der Waals surface area contributed by atoms with E-state index in [1.165, 1.54) is 5.56 Å². The first-order chi connectivity index (χ1) is 9.27. The molecule has 0 radical (unpaired) electrons. The molecule has 1 unspecified atom stereocenters. The molecule has 0 saturated heterocycles. The summed E-state index contributed by atoms with van der Waals surface area (Å²) in [5.41, 5.74) is 6.60. The van der Waals surface area contributed by atoms with Crippen LogP contribution in [-0.2, 0) is 6.42 Å². The molecule has 4 nitrogen and oxygen atoms in total. The Morgan fingerprint density at radius 3 is 2.95 bits per heavy atom. The number of benzene rings is 1. The number of hydrogen-bond donors (Lipinski definition) is 2. The number of aliphatic imine (C=N–C) groups is 1. The van der Waals surface area contributed by atoms with Gasteiger partial charge in [-0.1, -0.05) is 25.1 Å². The van der Waals surface area contributed by atoms with Gasteiger partial charge in [0, 0.05) is 12.5 Å². The van der Waals surface area contributed by atoms with Gasteiger partial charge < -0.3 is 15.8 Å².